The number of aromatic amines is 1. The number of carbonyl (C=O) groups is 1. The Morgan fingerprint density at radius 2 is 1.59 bits per heavy atom. The highest BCUT2D eigenvalue weighted by atomic mass is 16.7. The first kappa shape index (κ1) is 11.6. The van der Waals surface area contributed by atoms with Crippen LogP contribution in [-0.4, -0.2) is 17.6 Å². The first-order valence-electron chi connectivity index (χ1n) is 6.88. The molecule has 1 aliphatic carbocycles. The average Bonchev–Trinajstić information content (AvgIpc) is 3.10. The topological polar surface area (TPSA) is 68.4 Å². The van der Waals surface area contributed by atoms with Gasteiger partial charge in [0.2, 0.25) is 6.79 Å². The second-order valence-electron chi connectivity index (χ2n) is 5.33. The predicted octanol–water partition coefficient (Wildman–Crippen LogP) is 2.47. The standard InChI is InChI=1S/C17H9NO4/c19-16-9-4-2-1-3-8(9)15-14(16)10-5-12-13(22-7-21-12)6-11(10)17(20)18-15/h1-6H,7H2,(H,18,20). The summed E-state index contributed by atoms with van der Waals surface area (Å²) in [5, 5.41) is 1.04. The molecule has 3 aromatic rings. The van der Waals surface area contributed by atoms with Crippen molar-refractivity contribution in [3.05, 3.63) is 57.9 Å². The summed E-state index contributed by atoms with van der Waals surface area (Å²) in [4.78, 5) is 27.9. The molecule has 2 heterocycles. The van der Waals surface area contributed by atoms with Crippen molar-refractivity contribution in [2.24, 2.45) is 0 Å². The van der Waals surface area contributed by atoms with Gasteiger partial charge in [-0.15, -0.1) is 0 Å². The lowest BCUT2D eigenvalue weighted by Crippen LogP contribution is -2.10. The zero-order valence-electron chi connectivity index (χ0n) is 11.3. The van der Waals surface area contributed by atoms with E-state index in [1.54, 1.807) is 18.2 Å². The van der Waals surface area contributed by atoms with Crippen molar-refractivity contribution in [3.8, 4) is 22.8 Å². The van der Waals surface area contributed by atoms with E-state index in [0.717, 1.165) is 5.56 Å². The highest BCUT2D eigenvalue weighted by molar-refractivity contribution is 6.26. The van der Waals surface area contributed by atoms with Gasteiger partial charge in [0.25, 0.3) is 5.56 Å². The van der Waals surface area contributed by atoms with Gasteiger partial charge in [-0.2, -0.15) is 0 Å². The molecule has 0 amide bonds. The van der Waals surface area contributed by atoms with E-state index >= 15 is 0 Å². The third kappa shape index (κ3) is 1.28. The Morgan fingerprint density at radius 3 is 2.36 bits per heavy atom. The summed E-state index contributed by atoms with van der Waals surface area (Å²) in [5.41, 5.74) is 2.24. The third-order valence-electron chi connectivity index (χ3n) is 4.18. The molecule has 0 saturated carbocycles. The summed E-state index contributed by atoms with van der Waals surface area (Å²) in [6.45, 7) is 0.125. The lowest BCUT2D eigenvalue weighted by Gasteiger charge is -2.06. The first-order chi connectivity index (χ1) is 10.7. The van der Waals surface area contributed by atoms with E-state index in [4.69, 9.17) is 9.47 Å². The monoisotopic (exact) mass is 291 g/mol. The molecule has 0 bridgehead atoms. The molecular weight excluding hydrogens is 282 g/mol. The molecule has 22 heavy (non-hydrogen) atoms. The first-order valence-corrected chi connectivity index (χ1v) is 6.88. The second-order valence-corrected chi connectivity index (χ2v) is 5.33. The molecule has 0 radical (unpaired) electrons. The maximum absolute atomic E-state index is 12.7. The van der Waals surface area contributed by atoms with Crippen molar-refractivity contribution < 1.29 is 14.3 Å². The third-order valence-corrected chi connectivity index (χ3v) is 4.18. The maximum Gasteiger partial charge on any atom is 0.256 e. The van der Waals surface area contributed by atoms with Crippen molar-refractivity contribution in [2.45, 2.75) is 0 Å². The quantitative estimate of drug-likeness (QED) is 0.540. The summed E-state index contributed by atoms with van der Waals surface area (Å²) in [5.74, 6) is 1.01. The molecule has 0 fully saturated rings. The summed E-state index contributed by atoms with van der Waals surface area (Å²) in [6, 6.07) is 10.6. The Bertz CT molecular complexity index is 1050. The number of hydrogen-bond donors (Lipinski definition) is 1. The van der Waals surface area contributed by atoms with Gasteiger partial charge in [-0.3, -0.25) is 9.59 Å². The number of carbonyl (C=O) groups excluding carboxylic acids is 1. The van der Waals surface area contributed by atoms with Crippen molar-refractivity contribution >= 4 is 16.6 Å². The molecule has 0 atom stereocenters. The van der Waals surface area contributed by atoms with Gasteiger partial charge >= 0.3 is 0 Å². The van der Waals surface area contributed by atoms with E-state index in [-0.39, 0.29) is 18.1 Å². The van der Waals surface area contributed by atoms with Crippen molar-refractivity contribution in [1.29, 1.82) is 0 Å². The maximum atomic E-state index is 12.7. The fraction of sp³-hybridized carbons (Fsp3) is 0.0588. The second kappa shape index (κ2) is 3.76. The van der Waals surface area contributed by atoms with Crippen molar-refractivity contribution in [2.75, 3.05) is 6.79 Å². The van der Waals surface area contributed by atoms with Gasteiger partial charge in [0, 0.05) is 16.5 Å². The van der Waals surface area contributed by atoms with E-state index in [1.807, 2.05) is 18.2 Å². The van der Waals surface area contributed by atoms with Crippen molar-refractivity contribution in [3.63, 3.8) is 0 Å². The van der Waals surface area contributed by atoms with Crippen LogP contribution in [0.25, 0.3) is 22.0 Å². The van der Waals surface area contributed by atoms with Crippen LogP contribution in [0.15, 0.2) is 41.2 Å². The van der Waals surface area contributed by atoms with Gasteiger partial charge in [-0.05, 0) is 12.1 Å². The number of ether oxygens (including phenoxy) is 2. The van der Waals surface area contributed by atoms with E-state index in [2.05, 4.69) is 4.98 Å². The SMILES string of the molecule is O=C1c2ccccc2-c2[nH]c(=O)c3cc4c(cc3c21)OCO4. The van der Waals surface area contributed by atoms with Crippen molar-refractivity contribution in [1.82, 2.24) is 4.98 Å². The number of fused-ring (bicyclic) bond motifs is 6. The van der Waals surface area contributed by atoms with Crippen LogP contribution in [0, 0.1) is 0 Å². The minimum atomic E-state index is -0.239. The molecule has 2 aliphatic rings. The van der Waals surface area contributed by atoms with E-state index in [9.17, 15) is 9.59 Å². The Morgan fingerprint density at radius 1 is 0.909 bits per heavy atom. The fourth-order valence-electron chi connectivity index (χ4n) is 3.19. The molecule has 1 aliphatic heterocycles. The molecule has 1 N–H and O–H groups in total. The summed E-state index contributed by atoms with van der Waals surface area (Å²) in [7, 11) is 0. The van der Waals surface area contributed by atoms with Crippen LogP contribution < -0.4 is 15.0 Å². The van der Waals surface area contributed by atoms with Crippen LogP contribution in [0.1, 0.15) is 15.9 Å². The summed E-state index contributed by atoms with van der Waals surface area (Å²) in [6.07, 6.45) is 0. The number of H-pyrrole nitrogens is 1. The Balaban J connectivity index is 1.96. The van der Waals surface area contributed by atoms with E-state index < -0.39 is 0 Å². The summed E-state index contributed by atoms with van der Waals surface area (Å²) < 4.78 is 10.7. The lowest BCUT2D eigenvalue weighted by atomic mass is 10.0. The highest BCUT2D eigenvalue weighted by Gasteiger charge is 2.31. The minimum Gasteiger partial charge on any atom is -0.454 e. The number of ketones is 1. The number of rotatable bonds is 0. The van der Waals surface area contributed by atoms with E-state index in [1.165, 1.54) is 0 Å². The van der Waals surface area contributed by atoms with Crippen LogP contribution in [0.2, 0.25) is 0 Å². The predicted molar refractivity (Wildman–Crippen MR) is 79.6 cm³/mol. The molecular formula is C17H9NO4. The number of hydrogen-bond acceptors (Lipinski definition) is 4. The molecule has 5 heteroatoms. The van der Waals surface area contributed by atoms with Crippen LogP contribution in [0.5, 0.6) is 11.5 Å². The Hall–Kier alpha value is -3.08. The van der Waals surface area contributed by atoms with Gasteiger partial charge in [-0.1, -0.05) is 24.3 Å². The fourth-order valence-corrected chi connectivity index (χ4v) is 3.19. The molecule has 2 aromatic carbocycles. The zero-order chi connectivity index (χ0) is 14.8. The molecule has 5 nitrogen and oxygen atoms in total. The van der Waals surface area contributed by atoms with Crippen LogP contribution in [0.3, 0.4) is 0 Å². The minimum absolute atomic E-state index is 0.0780. The number of benzene rings is 2. The molecule has 0 unspecified atom stereocenters. The van der Waals surface area contributed by atoms with Gasteiger partial charge < -0.3 is 14.5 Å². The summed E-state index contributed by atoms with van der Waals surface area (Å²) >= 11 is 0. The smallest absolute Gasteiger partial charge is 0.256 e. The Labute approximate surface area is 124 Å². The Kier molecular flexibility index (Phi) is 1.98. The van der Waals surface area contributed by atoms with Gasteiger partial charge in [-0.25, -0.2) is 0 Å². The number of nitrogens with one attached hydrogen (secondary N) is 1. The van der Waals surface area contributed by atoms with Crippen LogP contribution in [-0.2, 0) is 0 Å². The number of pyridine rings is 1. The van der Waals surface area contributed by atoms with E-state index in [0.29, 0.717) is 39.1 Å². The molecule has 0 spiro atoms. The van der Waals surface area contributed by atoms with Gasteiger partial charge in [0.05, 0.1) is 16.6 Å². The van der Waals surface area contributed by atoms with Crippen LogP contribution >= 0.6 is 0 Å². The van der Waals surface area contributed by atoms with Gasteiger partial charge in [0.15, 0.2) is 17.3 Å². The largest absolute Gasteiger partial charge is 0.454 e. The normalized spacial score (nSPS) is 14.3. The highest BCUT2D eigenvalue weighted by Crippen LogP contribution is 2.41. The molecule has 106 valence electrons. The molecule has 1 aromatic heterocycles. The molecule has 5 rings (SSSR count). The average molecular weight is 291 g/mol. The zero-order valence-corrected chi connectivity index (χ0v) is 11.3. The molecule has 0 saturated heterocycles. The van der Waals surface area contributed by atoms with Crippen LogP contribution in [0.4, 0.5) is 0 Å². The number of aromatic nitrogens is 1. The lowest BCUT2D eigenvalue weighted by molar-refractivity contribution is 0.104. The van der Waals surface area contributed by atoms with Gasteiger partial charge in [0.1, 0.15) is 0 Å².